The highest BCUT2D eigenvalue weighted by Crippen LogP contribution is 2.39. The topological polar surface area (TPSA) is 97.7 Å². The van der Waals surface area contributed by atoms with Gasteiger partial charge < -0.3 is 15.0 Å². The number of halogens is 1. The Bertz CT molecular complexity index is 1290. The summed E-state index contributed by atoms with van der Waals surface area (Å²) in [7, 11) is 1.85. The summed E-state index contributed by atoms with van der Waals surface area (Å²) in [5, 5.41) is 9.09. The second-order valence-corrected chi connectivity index (χ2v) is 8.69. The molecule has 1 saturated carbocycles. The van der Waals surface area contributed by atoms with E-state index in [2.05, 4.69) is 25.4 Å². The van der Waals surface area contributed by atoms with Crippen LogP contribution < -0.4 is 10.1 Å². The van der Waals surface area contributed by atoms with Crippen molar-refractivity contribution in [2.45, 2.75) is 32.2 Å². The van der Waals surface area contributed by atoms with Gasteiger partial charge in [0.2, 0.25) is 0 Å². The lowest BCUT2D eigenvalue weighted by atomic mass is 9.99. The molecule has 5 rings (SSSR count). The molecular weight excluding hydrogens is 404 g/mol. The Morgan fingerprint density at radius 3 is 2.93 bits per heavy atom. The van der Waals surface area contributed by atoms with Crippen LogP contribution >= 0.6 is 11.6 Å². The SMILES string of the molecule is Cn1nc(-c2cnc3[nH]cc(OC(=O)NC(C)(C)C4CC4)c3n2)c2ccc(Cl)cc21. The monoisotopic (exact) mass is 424 g/mol. The third-order valence-corrected chi connectivity index (χ3v) is 5.86. The van der Waals surface area contributed by atoms with Crippen LogP contribution in [-0.4, -0.2) is 36.4 Å². The zero-order chi connectivity index (χ0) is 21.0. The average Bonchev–Trinajstić information content (AvgIpc) is 3.43. The van der Waals surface area contributed by atoms with Gasteiger partial charge >= 0.3 is 6.09 Å². The van der Waals surface area contributed by atoms with Gasteiger partial charge in [-0.15, -0.1) is 0 Å². The fraction of sp³-hybridized carbons (Fsp3) is 0.333. The number of aromatic amines is 1. The maximum atomic E-state index is 12.4. The molecule has 3 heterocycles. The summed E-state index contributed by atoms with van der Waals surface area (Å²) in [6.45, 7) is 4.02. The Morgan fingerprint density at radius 1 is 1.37 bits per heavy atom. The Hall–Kier alpha value is -3.13. The first-order valence-corrected chi connectivity index (χ1v) is 10.2. The van der Waals surface area contributed by atoms with E-state index in [0.717, 1.165) is 23.7 Å². The van der Waals surface area contributed by atoms with Crippen molar-refractivity contribution in [1.82, 2.24) is 30.0 Å². The number of H-pyrrole nitrogens is 1. The van der Waals surface area contributed by atoms with Gasteiger partial charge in [0.05, 0.1) is 11.7 Å². The van der Waals surface area contributed by atoms with Crippen LogP contribution in [0.5, 0.6) is 5.75 Å². The second-order valence-electron chi connectivity index (χ2n) is 8.25. The molecule has 9 heteroatoms. The Kier molecular flexibility index (Phi) is 4.21. The average molecular weight is 425 g/mol. The van der Waals surface area contributed by atoms with E-state index in [1.807, 2.05) is 39.1 Å². The predicted molar refractivity (Wildman–Crippen MR) is 115 cm³/mol. The van der Waals surface area contributed by atoms with Gasteiger partial charge in [0.1, 0.15) is 11.4 Å². The maximum Gasteiger partial charge on any atom is 0.413 e. The minimum absolute atomic E-state index is 0.297. The summed E-state index contributed by atoms with van der Waals surface area (Å²) in [5.41, 5.74) is 2.87. The van der Waals surface area contributed by atoms with Gasteiger partial charge in [-0.25, -0.2) is 14.8 Å². The van der Waals surface area contributed by atoms with Crippen molar-refractivity contribution < 1.29 is 9.53 Å². The largest absolute Gasteiger partial charge is 0.413 e. The molecule has 4 aromatic rings. The zero-order valence-electron chi connectivity index (χ0n) is 16.9. The Balaban J connectivity index is 1.49. The van der Waals surface area contributed by atoms with Gasteiger partial charge in [0.25, 0.3) is 0 Å². The van der Waals surface area contributed by atoms with Gasteiger partial charge in [-0.1, -0.05) is 11.6 Å². The molecule has 0 aliphatic heterocycles. The molecule has 0 radical (unpaired) electrons. The molecule has 30 heavy (non-hydrogen) atoms. The van der Waals surface area contributed by atoms with Crippen LogP contribution in [0.4, 0.5) is 4.79 Å². The van der Waals surface area contributed by atoms with E-state index in [1.165, 1.54) is 0 Å². The lowest BCUT2D eigenvalue weighted by Gasteiger charge is -2.25. The number of hydrogen-bond donors (Lipinski definition) is 2. The number of amides is 1. The molecule has 3 aromatic heterocycles. The number of hydrogen-bond acceptors (Lipinski definition) is 5. The second kappa shape index (κ2) is 6.70. The molecule has 0 atom stereocenters. The first-order chi connectivity index (χ1) is 14.3. The van der Waals surface area contributed by atoms with Crippen molar-refractivity contribution in [3.8, 4) is 17.1 Å². The fourth-order valence-corrected chi connectivity index (χ4v) is 3.94. The molecule has 0 spiro atoms. The number of carbonyl (C=O) groups is 1. The number of aryl methyl sites for hydroxylation is 1. The van der Waals surface area contributed by atoms with E-state index in [9.17, 15) is 4.79 Å². The number of fused-ring (bicyclic) bond motifs is 2. The lowest BCUT2D eigenvalue weighted by molar-refractivity contribution is 0.185. The minimum Gasteiger partial charge on any atom is -0.406 e. The third-order valence-electron chi connectivity index (χ3n) is 5.63. The number of rotatable bonds is 4. The van der Waals surface area contributed by atoms with Gasteiger partial charge in [0, 0.05) is 29.2 Å². The van der Waals surface area contributed by atoms with Gasteiger partial charge in [-0.05, 0) is 50.8 Å². The van der Waals surface area contributed by atoms with E-state index in [-0.39, 0.29) is 5.54 Å². The van der Waals surface area contributed by atoms with Gasteiger partial charge in [-0.3, -0.25) is 4.68 Å². The highest BCUT2D eigenvalue weighted by atomic mass is 35.5. The molecule has 1 aliphatic carbocycles. The fourth-order valence-electron chi connectivity index (χ4n) is 3.78. The summed E-state index contributed by atoms with van der Waals surface area (Å²) in [4.78, 5) is 24.5. The molecule has 1 fully saturated rings. The van der Waals surface area contributed by atoms with Crippen molar-refractivity contribution in [2.75, 3.05) is 0 Å². The third kappa shape index (κ3) is 3.27. The molecule has 0 unspecified atom stereocenters. The van der Waals surface area contributed by atoms with E-state index in [0.29, 0.717) is 39.2 Å². The van der Waals surface area contributed by atoms with E-state index in [4.69, 9.17) is 16.3 Å². The number of benzene rings is 1. The first kappa shape index (κ1) is 18.9. The van der Waals surface area contributed by atoms with Crippen LogP contribution in [0.25, 0.3) is 33.5 Å². The predicted octanol–water partition coefficient (Wildman–Crippen LogP) is 4.44. The van der Waals surface area contributed by atoms with Gasteiger partial charge in [-0.2, -0.15) is 5.10 Å². The number of nitrogens with zero attached hydrogens (tertiary/aromatic N) is 4. The zero-order valence-corrected chi connectivity index (χ0v) is 17.6. The van der Waals surface area contributed by atoms with Crippen molar-refractivity contribution in [3.05, 3.63) is 35.6 Å². The number of ether oxygens (including phenoxy) is 1. The summed E-state index contributed by atoms with van der Waals surface area (Å²) >= 11 is 6.12. The van der Waals surface area contributed by atoms with E-state index in [1.54, 1.807) is 17.1 Å². The number of nitrogens with one attached hydrogen (secondary N) is 2. The number of aromatic nitrogens is 5. The molecule has 0 saturated heterocycles. The highest BCUT2D eigenvalue weighted by molar-refractivity contribution is 6.31. The quantitative estimate of drug-likeness (QED) is 0.504. The summed E-state index contributed by atoms with van der Waals surface area (Å²) in [6, 6.07) is 5.59. The summed E-state index contributed by atoms with van der Waals surface area (Å²) in [5.74, 6) is 0.817. The van der Waals surface area contributed by atoms with Crippen molar-refractivity contribution >= 4 is 39.8 Å². The highest BCUT2D eigenvalue weighted by Gasteiger charge is 2.39. The van der Waals surface area contributed by atoms with E-state index >= 15 is 0 Å². The van der Waals surface area contributed by atoms with Crippen LogP contribution in [0.15, 0.2) is 30.6 Å². The smallest absolute Gasteiger partial charge is 0.406 e. The maximum absolute atomic E-state index is 12.4. The van der Waals surface area contributed by atoms with E-state index < -0.39 is 6.09 Å². The van der Waals surface area contributed by atoms with Crippen molar-refractivity contribution in [1.29, 1.82) is 0 Å². The van der Waals surface area contributed by atoms with Crippen LogP contribution in [-0.2, 0) is 7.05 Å². The Labute approximate surface area is 177 Å². The molecule has 1 amide bonds. The minimum atomic E-state index is -0.502. The first-order valence-electron chi connectivity index (χ1n) is 9.78. The van der Waals surface area contributed by atoms with Crippen LogP contribution in [0, 0.1) is 5.92 Å². The molecule has 1 aromatic carbocycles. The molecule has 154 valence electrons. The standard InChI is InChI=1S/C21H21ClN6O2/c1-21(2,11-4-5-11)26-20(29)30-16-10-24-19-18(16)25-14(9-23-19)17-13-7-6-12(22)8-15(13)28(3)27-17/h6-11H,4-5H2,1-3H3,(H,23,24)(H,26,29). The number of carbonyl (C=O) groups excluding carboxylic acids is 1. The van der Waals surface area contributed by atoms with Gasteiger partial charge in [0.15, 0.2) is 16.9 Å². The summed E-state index contributed by atoms with van der Waals surface area (Å²) < 4.78 is 7.31. The van der Waals surface area contributed by atoms with Crippen molar-refractivity contribution in [3.63, 3.8) is 0 Å². The molecule has 0 bridgehead atoms. The van der Waals surface area contributed by atoms with Crippen LogP contribution in [0.3, 0.4) is 0 Å². The molecule has 1 aliphatic rings. The normalized spacial score (nSPS) is 14.4. The molecule has 8 nitrogen and oxygen atoms in total. The molecular formula is C21H21ClN6O2. The van der Waals surface area contributed by atoms with Crippen LogP contribution in [0.2, 0.25) is 5.02 Å². The Morgan fingerprint density at radius 2 is 2.17 bits per heavy atom. The summed E-state index contributed by atoms with van der Waals surface area (Å²) in [6.07, 6.45) is 4.98. The van der Waals surface area contributed by atoms with Crippen molar-refractivity contribution in [2.24, 2.45) is 13.0 Å². The lowest BCUT2D eigenvalue weighted by Crippen LogP contribution is -2.46. The van der Waals surface area contributed by atoms with Crippen LogP contribution in [0.1, 0.15) is 26.7 Å². The molecule has 2 N–H and O–H groups in total.